The molecule has 0 radical (unpaired) electrons. The summed E-state index contributed by atoms with van der Waals surface area (Å²) in [6.07, 6.45) is 3.74. The fourth-order valence-electron chi connectivity index (χ4n) is 3.39. The van der Waals surface area contributed by atoms with Gasteiger partial charge in [-0.3, -0.25) is 0 Å². The summed E-state index contributed by atoms with van der Waals surface area (Å²) in [6, 6.07) is 28.1. The van der Waals surface area contributed by atoms with Crippen LogP contribution in [0, 0.1) is 17.9 Å². The van der Waals surface area contributed by atoms with Gasteiger partial charge in [-0.05, 0) is 6.42 Å². The topological polar surface area (TPSA) is 0 Å². The predicted molar refractivity (Wildman–Crippen MR) is 119 cm³/mol. The molecule has 0 unspecified atom stereocenters. The van der Waals surface area contributed by atoms with Gasteiger partial charge in [0.25, 0.3) is 0 Å². The van der Waals surface area contributed by atoms with Crippen LogP contribution in [0.25, 0.3) is 11.1 Å². The molecule has 0 aromatic heterocycles. The van der Waals surface area contributed by atoms with E-state index < -0.39 is 0 Å². The first-order valence-corrected chi connectivity index (χ1v) is 11.5. The van der Waals surface area contributed by atoms with Crippen molar-refractivity contribution < 1.29 is 49.0 Å². The number of fused-ring (bicyclic) bond motifs is 3. The van der Waals surface area contributed by atoms with E-state index in [1.807, 2.05) is 36.4 Å². The Labute approximate surface area is 211 Å². The van der Waals surface area contributed by atoms with Crippen LogP contribution in [0.15, 0.2) is 72.8 Å². The Balaban J connectivity index is 0.000000444. The minimum atomic E-state index is 0. The molecule has 4 rings (SSSR count). The van der Waals surface area contributed by atoms with Gasteiger partial charge < -0.3 is 24.8 Å². The molecule has 0 saturated heterocycles. The molecule has 0 atom stereocenters. The Morgan fingerprint density at radius 2 is 1.43 bits per heavy atom. The molecule has 160 valence electrons. The Bertz CT molecular complexity index is 763. The first-order chi connectivity index (χ1) is 13.5. The second kappa shape index (κ2) is 15.9. The van der Waals surface area contributed by atoms with Gasteiger partial charge in [-0.1, -0.05) is 35.4 Å². The molecular formula is C27H32Cl2Zr-2. The largest absolute Gasteiger partial charge is 1.00 e. The molecule has 30 heavy (non-hydrogen) atoms. The van der Waals surface area contributed by atoms with Crippen LogP contribution < -0.4 is 24.8 Å². The first-order valence-electron chi connectivity index (χ1n) is 10.3. The van der Waals surface area contributed by atoms with Crippen molar-refractivity contribution >= 4 is 3.21 Å². The van der Waals surface area contributed by atoms with Gasteiger partial charge in [-0.25, -0.2) is 12.1 Å². The van der Waals surface area contributed by atoms with Crippen molar-refractivity contribution in [1.29, 1.82) is 0 Å². The second-order valence-electron chi connectivity index (χ2n) is 8.16. The molecule has 0 N–H and O–H groups in total. The molecule has 0 spiro atoms. The zero-order chi connectivity index (χ0) is 20.4. The van der Waals surface area contributed by atoms with Crippen LogP contribution in [0.4, 0.5) is 0 Å². The molecule has 0 bridgehead atoms. The quantitative estimate of drug-likeness (QED) is 0.357. The smallest absolute Gasteiger partial charge is 0.0253 e. The van der Waals surface area contributed by atoms with Crippen LogP contribution in [0.3, 0.4) is 0 Å². The maximum Gasteiger partial charge on any atom is -0.0253 e. The second-order valence-corrected chi connectivity index (χ2v) is 9.90. The average Bonchev–Trinajstić information content (AvgIpc) is 3.32. The molecule has 1 aliphatic rings. The van der Waals surface area contributed by atoms with Crippen molar-refractivity contribution in [3.05, 3.63) is 90.0 Å². The van der Waals surface area contributed by atoms with E-state index in [-0.39, 0.29) is 24.8 Å². The summed E-state index contributed by atoms with van der Waals surface area (Å²) in [7, 11) is 0. The van der Waals surface area contributed by atoms with E-state index >= 15 is 0 Å². The van der Waals surface area contributed by atoms with Gasteiger partial charge in [0.2, 0.25) is 0 Å². The standard InChI is InChI=1S/C13H9.C9H18.C5H5.2ClH.Zr/c1-3-7-12-10(5-1)9-11-6-2-4-8-13(11)12;1-8(2)6-5-7-9(3)4;1-2-4-5-3-1;;;/h1-5,7-8H,9H2;8-9H,6-7H2,1-4H3;1-5H;2*1H;/q-1;;-1;;;+2/p-2. The van der Waals surface area contributed by atoms with E-state index in [4.69, 9.17) is 0 Å². The Morgan fingerprint density at radius 3 is 1.97 bits per heavy atom. The normalized spacial score (nSPS) is 10.4. The Kier molecular flexibility index (Phi) is 15.4. The molecule has 0 heterocycles. The zero-order valence-electron chi connectivity index (χ0n) is 18.5. The Hall–Kier alpha value is -0.877. The summed E-state index contributed by atoms with van der Waals surface area (Å²) in [6.45, 7) is 9.18. The summed E-state index contributed by atoms with van der Waals surface area (Å²) in [5.41, 5.74) is 5.51. The summed E-state index contributed by atoms with van der Waals surface area (Å²) in [5, 5.41) is 0. The third-order valence-corrected chi connectivity index (χ3v) is 5.48. The molecule has 3 aromatic carbocycles. The van der Waals surface area contributed by atoms with E-state index in [1.54, 1.807) is 27.4 Å². The third kappa shape index (κ3) is 10.4. The summed E-state index contributed by atoms with van der Waals surface area (Å²) in [5.74, 6) is 1.71. The molecule has 3 heteroatoms. The van der Waals surface area contributed by atoms with E-state index in [2.05, 4.69) is 70.2 Å². The number of halogens is 2. The van der Waals surface area contributed by atoms with Gasteiger partial charge in [-0.2, -0.15) is 48.0 Å². The maximum atomic E-state index is 3.30. The molecule has 3 aromatic rings. The maximum absolute atomic E-state index is 3.30. The van der Waals surface area contributed by atoms with Crippen molar-refractivity contribution in [2.24, 2.45) is 11.8 Å². The van der Waals surface area contributed by atoms with Crippen molar-refractivity contribution in [2.75, 3.05) is 0 Å². The van der Waals surface area contributed by atoms with Crippen LogP contribution >= 0.6 is 0 Å². The molecule has 0 amide bonds. The van der Waals surface area contributed by atoms with Crippen LogP contribution in [-0.2, 0) is 30.7 Å². The summed E-state index contributed by atoms with van der Waals surface area (Å²) >= 11 is 1.65. The van der Waals surface area contributed by atoms with Gasteiger partial charge >= 0.3 is 79.8 Å². The van der Waals surface area contributed by atoms with E-state index in [9.17, 15) is 0 Å². The van der Waals surface area contributed by atoms with Gasteiger partial charge in [0.05, 0.1) is 0 Å². The zero-order valence-corrected chi connectivity index (χ0v) is 22.4. The van der Waals surface area contributed by atoms with Gasteiger partial charge in [0, 0.05) is 0 Å². The molecule has 0 fully saturated rings. The van der Waals surface area contributed by atoms with E-state index in [0.29, 0.717) is 0 Å². The Morgan fingerprint density at radius 1 is 0.867 bits per heavy atom. The van der Waals surface area contributed by atoms with E-state index in [0.717, 1.165) is 18.3 Å². The van der Waals surface area contributed by atoms with Crippen LogP contribution in [0.1, 0.15) is 51.7 Å². The number of rotatable bonds is 4. The molecular weight excluding hydrogens is 486 g/mol. The van der Waals surface area contributed by atoms with Crippen LogP contribution in [0.2, 0.25) is 0 Å². The first kappa shape index (κ1) is 29.1. The number of hydrogen-bond donors (Lipinski definition) is 0. The molecule has 0 nitrogen and oxygen atoms in total. The molecule has 0 saturated carbocycles. The van der Waals surface area contributed by atoms with Crippen molar-refractivity contribution in [3.63, 3.8) is 0 Å². The van der Waals surface area contributed by atoms with Gasteiger partial charge in [0.15, 0.2) is 0 Å². The monoisotopic (exact) mass is 516 g/mol. The number of benzene rings is 2. The molecule has 0 aliphatic heterocycles. The fourth-order valence-corrected chi connectivity index (χ4v) is 5.39. The van der Waals surface area contributed by atoms with Crippen LogP contribution in [0.5, 0.6) is 0 Å². The van der Waals surface area contributed by atoms with Gasteiger partial charge in [-0.15, -0.1) is 5.56 Å². The number of hydrogen-bond acceptors (Lipinski definition) is 0. The summed E-state index contributed by atoms with van der Waals surface area (Å²) in [4.78, 5) is 0. The van der Waals surface area contributed by atoms with Crippen molar-refractivity contribution in [1.82, 2.24) is 0 Å². The minimum Gasteiger partial charge on any atom is -1.00 e. The summed E-state index contributed by atoms with van der Waals surface area (Å²) < 4.78 is 1.75. The van der Waals surface area contributed by atoms with Crippen molar-refractivity contribution in [2.45, 2.75) is 47.0 Å². The van der Waals surface area contributed by atoms with Crippen LogP contribution in [-0.4, -0.2) is 3.21 Å². The third-order valence-electron chi connectivity index (χ3n) is 4.48. The molecule has 1 aliphatic carbocycles. The fraction of sp³-hybridized carbons (Fsp3) is 0.333. The van der Waals surface area contributed by atoms with Crippen molar-refractivity contribution in [3.8, 4) is 11.1 Å². The SMILES string of the molecule is CC(C)C[C](=[Zr+2])CC(C)C.[Cl-].[Cl-].[c-]1cccc2c1Cc1ccccc1-2.c1cc[cH-]c1. The van der Waals surface area contributed by atoms with Gasteiger partial charge in [0.1, 0.15) is 0 Å². The van der Waals surface area contributed by atoms with E-state index in [1.165, 1.54) is 35.1 Å². The average molecular weight is 519 g/mol. The predicted octanol–water partition coefficient (Wildman–Crippen LogP) is 1.27. The minimum absolute atomic E-state index is 0.